The van der Waals surface area contributed by atoms with Crippen molar-refractivity contribution in [2.45, 2.75) is 18.6 Å². The predicted octanol–water partition coefficient (Wildman–Crippen LogP) is 2.46. The highest BCUT2D eigenvalue weighted by molar-refractivity contribution is 8.00. The molecule has 1 aliphatic heterocycles. The van der Waals surface area contributed by atoms with Gasteiger partial charge in [0.05, 0.1) is 0 Å². The smallest absolute Gasteiger partial charge is 0.131 e. The zero-order chi connectivity index (χ0) is 11.6. The summed E-state index contributed by atoms with van der Waals surface area (Å²) in [5.74, 6) is 3.20. The van der Waals surface area contributed by atoms with E-state index < -0.39 is 0 Å². The first-order valence-corrected chi connectivity index (χ1v) is 6.63. The molecule has 1 saturated heterocycles. The van der Waals surface area contributed by atoms with E-state index in [1.807, 2.05) is 24.9 Å². The summed E-state index contributed by atoms with van der Waals surface area (Å²) in [5, 5.41) is 3.08. The Labute approximate surface area is 102 Å². The lowest BCUT2D eigenvalue weighted by atomic mass is 10.2. The Bertz CT molecular complexity index is 365. The van der Waals surface area contributed by atoms with Crippen LogP contribution in [-0.2, 0) is 0 Å². The maximum Gasteiger partial charge on any atom is 0.131 e. The van der Waals surface area contributed by atoms with Crippen molar-refractivity contribution in [1.82, 2.24) is 4.98 Å². The molecule has 0 bridgehead atoms. The van der Waals surface area contributed by atoms with E-state index in [1.54, 1.807) is 0 Å². The van der Waals surface area contributed by atoms with Crippen molar-refractivity contribution in [3.63, 3.8) is 0 Å². The van der Waals surface area contributed by atoms with Gasteiger partial charge in [-0.1, -0.05) is 6.07 Å². The van der Waals surface area contributed by atoms with Crippen molar-refractivity contribution in [2.24, 2.45) is 0 Å². The van der Waals surface area contributed by atoms with Crippen LogP contribution in [0.2, 0.25) is 0 Å². The van der Waals surface area contributed by atoms with Crippen molar-refractivity contribution in [3.8, 4) is 0 Å². The summed E-state index contributed by atoms with van der Waals surface area (Å²) in [6.07, 6.45) is 0. The van der Waals surface area contributed by atoms with Gasteiger partial charge in [-0.05, 0) is 26.0 Å². The lowest BCUT2D eigenvalue weighted by molar-refractivity contribution is 0.642. The van der Waals surface area contributed by atoms with Crippen LogP contribution in [0.3, 0.4) is 0 Å². The van der Waals surface area contributed by atoms with Gasteiger partial charge in [0.2, 0.25) is 0 Å². The number of aromatic nitrogens is 1. The lowest BCUT2D eigenvalue weighted by Crippen LogP contribution is -2.43. The summed E-state index contributed by atoms with van der Waals surface area (Å²) >= 11 is 2.04. The molecule has 1 aliphatic rings. The maximum atomic E-state index is 4.59. The monoisotopic (exact) mass is 237 g/mol. The third-order valence-electron chi connectivity index (χ3n) is 2.74. The van der Waals surface area contributed by atoms with Gasteiger partial charge in [-0.15, -0.1) is 0 Å². The van der Waals surface area contributed by atoms with Crippen molar-refractivity contribution >= 4 is 23.4 Å². The van der Waals surface area contributed by atoms with E-state index in [1.165, 1.54) is 5.75 Å². The molecule has 0 saturated carbocycles. The molecule has 16 heavy (non-hydrogen) atoms. The number of nitrogens with one attached hydrogen (secondary N) is 1. The third kappa shape index (κ3) is 2.61. The van der Waals surface area contributed by atoms with Crippen LogP contribution < -0.4 is 10.2 Å². The molecule has 0 aromatic carbocycles. The fourth-order valence-electron chi connectivity index (χ4n) is 1.95. The Hall–Kier alpha value is -0.900. The van der Waals surface area contributed by atoms with E-state index in [4.69, 9.17) is 0 Å². The average molecular weight is 237 g/mol. The molecular formula is C12H19N3S. The van der Waals surface area contributed by atoms with Crippen molar-refractivity contribution in [3.05, 3.63) is 18.2 Å². The second kappa shape index (κ2) is 4.53. The minimum Gasteiger partial charge on any atom is -0.373 e. The highest BCUT2D eigenvalue weighted by Crippen LogP contribution is 2.31. The molecule has 0 spiro atoms. The molecule has 0 atom stereocenters. The van der Waals surface area contributed by atoms with Crippen LogP contribution in [0.1, 0.15) is 13.8 Å². The van der Waals surface area contributed by atoms with Crippen LogP contribution in [0.5, 0.6) is 0 Å². The zero-order valence-electron chi connectivity index (χ0n) is 10.2. The fourth-order valence-corrected chi connectivity index (χ4v) is 3.06. The first kappa shape index (κ1) is 11.6. The van der Waals surface area contributed by atoms with E-state index in [-0.39, 0.29) is 0 Å². The van der Waals surface area contributed by atoms with Crippen LogP contribution in [-0.4, -0.2) is 35.6 Å². The first-order chi connectivity index (χ1) is 7.61. The van der Waals surface area contributed by atoms with Crippen LogP contribution in [0, 0.1) is 0 Å². The summed E-state index contributed by atoms with van der Waals surface area (Å²) in [4.78, 5) is 6.96. The summed E-state index contributed by atoms with van der Waals surface area (Å²) in [7, 11) is 1.90. The van der Waals surface area contributed by atoms with Gasteiger partial charge in [-0.2, -0.15) is 11.8 Å². The number of hydrogen-bond donors (Lipinski definition) is 1. The topological polar surface area (TPSA) is 28.2 Å². The van der Waals surface area contributed by atoms with Crippen molar-refractivity contribution in [2.75, 3.05) is 36.1 Å². The van der Waals surface area contributed by atoms with Crippen LogP contribution in [0.15, 0.2) is 18.2 Å². The molecule has 1 N–H and O–H groups in total. The molecule has 1 aromatic heterocycles. The van der Waals surface area contributed by atoms with Gasteiger partial charge >= 0.3 is 0 Å². The molecule has 0 radical (unpaired) electrons. The third-order valence-corrected chi connectivity index (χ3v) is 4.04. The SMILES string of the molecule is CNc1cccc(N2CCSC(C)(C)C2)n1. The van der Waals surface area contributed by atoms with E-state index in [0.717, 1.165) is 24.7 Å². The Morgan fingerprint density at radius 3 is 2.94 bits per heavy atom. The van der Waals surface area contributed by atoms with Gasteiger partial charge in [0.25, 0.3) is 0 Å². The van der Waals surface area contributed by atoms with Crippen LogP contribution >= 0.6 is 11.8 Å². The Morgan fingerprint density at radius 1 is 1.44 bits per heavy atom. The standard InChI is InChI=1S/C12H19N3S/c1-12(2)9-15(7-8-16-12)11-6-4-5-10(13-3)14-11/h4-6H,7-9H2,1-3H3,(H,13,14). The molecule has 2 heterocycles. The maximum absolute atomic E-state index is 4.59. The fraction of sp³-hybridized carbons (Fsp3) is 0.583. The largest absolute Gasteiger partial charge is 0.373 e. The molecular weight excluding hydrogens is 218 g/mol. The number of nitrogens with zero attached hydrogens (tertiary/aromatic N) is 2. The molecule has 88 valence electrons. The van der Waals surface area contributed by atoms with Gasteiger partial charge in [-0.25, -0.2) is 4.98 Å². The van der Waals surface area contributed by atoms with Gasteiger partial charge < -0.3 is 10.2 Å². The second-order valence-corrected chi connectivity index (χ2v) is 6.46. The summed E-state index contributed by atoms with van der Waals surface area (Å²) in [5.41, 5.74) is 0. The number of hydrogen-bond acceptors (Lipinski definition) is 4. The van der Waals surface area contributed by atoms with Gasteiger partial charge in [0.1, 0.15) is 11.6 Å². The first-order valence-electron chi connectivity index (χ1n) is 5.64. The molecule has 3 nitrogen and oxygen atoms in total. The predicted molar refractivity (Wildman–Crippen MR) is 72.5 cm³/mol. The summed E-state index contributed by atoms with van der Waals surface area (Å²) in [6, 6.07) is 6.14. The highest BCUT2D eigenvalue weighted by atomic mass is 32.2. The minimum absolute atomic E-state index is 0.329. The molecule has 1 aromatic rings. The van der Waals surface area contributed by atoms with E-state index in [0.29, 0.717) is 4.75 Å². The number of thioether (sulfide) groups is 1. The molecule has 2 rings (SSSR count). The Kier molecular flexibility index (Phi) is 3.28. The molecule has 0 amide bonds. The highest BCUT2D eigenvalue weighted by Gasteiger charge is 2.27. The zero-order valence-corrected chi connectivity index (χ0v) is 11.0. The minimum atomic E-state index is 0.329. The van der Waals surface area contributed by atoms with Gasteiger partial charge in [0, 0.05) is 30.6 Å². The summed E-state index contributed by atoms with van der Waals surface area (Å²) < 4.78 is 0.329. The quantitative estimate of drug-likeness (QED) is 0.855. The number of anilines is 2. The van der Waals surface area contributed by atoms with Gasteiger partial charge in [-0.3, -0.25) is 0 Å². The lowest BCUT2D eigenvalue weighted by Gasteiger charge is -2.38. The van der Waals surface area contributed by atoms with E-state index in [2.05, 4.69) is 41.2 Å². The van der Waals surface area contributed by atoms with Crippen molar-refractivity contribution in [1.29, 1.82) is 0 Å². The molecule has 0 aliphatic carbocycles. The molecule has 0 unspecified atom stereocenters. The normalized spacial score (nSPS) is 19.6. The molecule has 1 fully saturated rings. The summed E-state index contributed by atoms with van der Waals surface area (Å²) in [6.45, 7) is 6.75. The number of rotatable bonds is 2. The average Bonchev–Trinajstić information content (AvgIpc) is 2.28. The van der Waals surface area contributed by atoms with Crippen LogP contribution in [0.25, 0.3) is 0 Å². The van der Waals surface area contributed by atoms with E-state index >= 15 is 0 Å². The van der Waals surface area contributed by atoms with Crippen molar-refractivity contribution < 1.29 is 0 Å². The van der Waals surface area contributed by atoms with E-state index in [9.17, 15) is 0 Å². The number of pyridine rings is 1. The van der Waals surface area contributed by atoms with Gasteiger partial charge in [0.15, 0.2) is 0 Å². The Balaban J connectivity index is 2.16. The van der Waals surface area contributed by atoms with Crippen LogP contribution in [0.4, 0.5) is 11.6 Å². The molecule has 4 heteroatoms. The second-order valence-electron chi connectivity index (χ2n) is 4.66. The Morgan fingerprint density at radius 2 is 2.25 bits per heavy atom.